The highest BCUT2D eigenvalue weighted by molar-refractivity contribution is 5.27. The van der Waals surface area contributed by atoms with Crippen LogP contribution in [0.4, 0.5) is 0 Å². The lowest BCUT2D eigenvalue weighted by atomic mass is 9.88. The Kier molecular flexibility index (Phi) is 5.83. The Morgan fingerprint density at radius 1 is 1.12 bits per heavy atom. The molecule has 24 heavy (non-hydrogen) atoms. The van der Waals surface area contributed by atoms with Crippen molar-refractivity contribution in [2.45, 2.75) is 25.5 Å². The van der Waals surface area contributed by atoms with Gasteiger partial charge in [-0.25, -0.2) is 0 Å². The Morgan fingerprint density at radius 3 is 2.62 bits per heavy atom. The van der Waals surface area contributed by atoms with E-state index in [9.17, 15) is 0 Å². The summed E-state index contributed by atoms with van der Waals surface area (Å²) < 4.78 is 11.0. The molecule has 0 N–H and O–H groups in total. The molecule has 0 radical (unpaired) electrons. The van der Waals surface area contributed by atoms with Gasteiger partial charge in [0.25, 0.3) is 0 Å². The first-order valence-electron chi connectivity index (χ1n) is 8.55. The molecule has 1 aliphatic rings. The van der Waals surface area contributed by atoms with Crippen LogP contribution in [0.2, 0.25) is 0 Å². The number of nitrogens with zero attached hydrogens (tertiary/aromatic N) is 2. The Morgan fingerprint density at radius 2 is 1.96 bits per heavy atom. The van der Waals surface area contributed by atoms with Crippen LogP contribution in [-0.2, 0) is 17.7 Å². The van der Waals surface area contributed by atoms with E-state index in [0.717, 1.165) is 38.2 Å². The molecular weight excluding hydrogens is 300 g/mol. The fourth-order valence-corrected chi connectivity index (χ4v) is 3.55. The zero-order valence-corrected chi connectivity index (χ0v) is 14.5. The largest absolute Gasteiger partial charge is 0.497 e. The molecule has 2 heterocycles. The highest BCUT2D eigenvalue weighted by atomic mass is 16.5. The van der Waals surface area contributed by atoms with Crippen molar-refractivity contribution in [1.29, 1.82) is 0 Å². The SMILES string of the molecule is COc1ccc(C[C@@H]2CN(Cc3cccnc3)CC[C@H]2OC)cc1. The molecule has 2 atom stereocenters. The monoisotopic (exact) mass is 326 g/mol. The highest BCUT2D eigenvalue weighted by Gasteiger charge is 2.29. The number of hydrogen-bond donors (Lipinski definition) is 0. The second kappa shape index (κ2) is 8.27. The molecule has 3 rings (SSSR count). The Bertz CT molecular complexity index is 615. The van der Waals surface area contributed by atoms with Crippen LogP contribution in [0.3, 0.4) is 0 Å². The number of ether oxygens (including phenoxy) is 2. The molecule has 4 heteroatoms. The molecule has 0 spiro atoms. The first-order chi connectivity index (χ1) is 11.8. The van der Waals surface area contributed by atoms with Gasteiger partial charge in [-0.05, 0) is 42.2 Å². The van der Waals surface area contributed by atoms with E-state index in [1.807, 2.05) is 37.7 Å². The van der Waals surface area contributed by atoms with Crippen molar-refractivity contribution in [3.05, 3.63) is 59.9 Å². The minimum Gasteiger partial charge on any atom is -0.497 e. The number of likely N-dealkylation sites (tertiary alicyclic amines) is 1. The molecule has 1 aromatic carbocycles. The van der Waals surface area contributed by atoms with Crippen LogP contribution in [0.5, 0.6) is 5.75 Å². The van der Waals surface area contributed by atoms with Gasteiger partial charge < -0.3 is 9.47 Å². The molecule has 0 aliphatic carbocycles. The lowest BCUT2D eigenvalue weighted by Crippen LogP contribution is -2.44. The molecule has 1 fully saturated rings. The van der Waals surface area contributed by atoms with Crippen molar-refractivity contribution in [1.82, 2.24) is 9.88 Å². The highest BCUT2D eigenvalue weighted by Crippen LogP contribution is 2.25. The van der Waals surface area contributed by atoms with Crippen LogP contribution in [0.1, 0.15) is 17.5 Å². The van der Waals surface area contributed by atoms with Crippen LogP contribution in [0, 0.1) is 5.92 Å². The predicted molar refractivity (Wildman–Crippen MR) is 95.1 cm³/mol. The zero-order chi connectivity index (χ0) is 16.8. The lowest BCUT2D eigenvalue weighted by molar-refractivity contribution is -0.00850. The molecule has 1 aliphatic heterocycles. The van der Waals surface area contributed by atoms with Gasteiger partial charge in [-0.2, -0.15) is 0 Å². The molecule has 1 aromatic heterocycles. The number of hydrogen-bond acceptors (Lipinski definition) is 4. The summed E-state index contributed by atoms with van der Waals surface area (Å²) in [5.74, 6) is 1.41. The first kappa shape index (κ1) is 16.9. The third-order valence-electron chi connectivity index (χ3n) is 4.84. The van der Waals surface area contributed by atoms with Crippen LogP contribution >= 0.6 is 0 Å². The Labute approximate surface area is 144 Å². The van der Waals surface area contributed by atoms with E-state index >= 15 is 0 Å². The lowest BCUT2D eigenvalue weighted by Gasteiger charge is -2.38. The molecule has 1 saturated heterocycles. The summed E-state index contributed by atoms with van der Waals surface area (Å²) in [6, 6.07) is 12.5. The van der Waals surface area contributed by atoms with E-state index in [-0.39, 0.29) is 0 Å². The molecule has 128 valence electrons. The third kappa shape index (κ3) is 4.34. The summed E-state index contributed by atoms with van der Waals surface area (Å²) >= 11 is 0. The summed E-state index contributed by atoms with van der Waals surface area (Å²) in [6.45, 7) is 3.09. The van der Waals surface area contributed by atoms with Gasteiger partial charge in [0.2, 0.25) is 0 Å². The van der Waals surface area contributed by atoms with Gasteiger partial charge in [-0.3, -0.25) is 9.88 Å². The fourth-order valence-electron chi connectivity index (χ4n) is 3.55. The van der Waals surface area contributed by atoms with Gasteiger partial charge in [-0.15, -0.1) is 0 Å². The fraction of sp³-hybridized carbons (Fsp3) is 0.450. The summed E-state index contributed by atoms with van der Waals surface area (Å²) in [5, 5.41) is 0. The standard InChI is InChI=1S/C20H26N2O2/c1-23-19-7-5-16(6-8-19)12-18-15-22(11-9-20(18)24-2)14-17-4-3-10-21-13-17/h3-8,10,13,18,20H,9,11-12,14-15H2,1-2H3/t18-,20-/m1/s1. The molecular formula is C20H26N2O2. The molecule has 0 unspecified atom stereocenters. The summed E-state index contributed by atoms with van der Waals surface area (Å²) in [6.07, 6.45) is 6.23. The Hall–Kier alpha value is -1.91. The number of benzene rings is 1. The number of aromatic nitrogens is 1. The van der Waals surface area contributed by atoms with Crippen molar-refractivity contribution in [3.63, 3.8) is 0 Å². The van der Waals surface area contributed by atoms with E-state index in [1.54, 1.807) is 7.11 Å². The van der Waals surface area contributed by atoms with Crippen molar-refractivity contribution < 1.29 is 9.47 Å². The normalized spacial score (nSPS) is 21.6. The second-order valence-corrected chi connectivity index (χ2v) is 6.47. The smallest absolute Gasteiger partial charge is 0.118 e. The van der Waals surface area contributed by atoms with Crippen LogP contribution in [0.15, 0.2) is 48.8 Å². The number of methoxy groups -OCH3 is 2. The van der Waals surface area contributed by atoms with E-state index in [0.29, 0.717) is 12.0 Å². The van der Waals surface area contributed by atoms with Gasteiger partial charge in [0.1, 0.15) is 5.75 Å². The second-order valence-electron chi connectivity index (χ2n) is 6.47. The Balaban J connectivity index is 1.64. The van der Waals surface area contributed by atoms with Crippen LogP contribution < -0.4 is 4.74 Å². The van der Waals surface area contributed by atoms with Crippen LogP contribution in [0.25, 0.3) is 0 Å². The average Bonchev–Trinajstić information content (AvgIpc) is 2.63. The van der Waals surface area contributed by atoms with E-state index in [2.05, 4.69) is 28.1 Å². The van der Waals surface area contributed by atoms with Crippen molar-refractivity contribution >= 4 is 0 Å². The predicted octanol–water partition coefficient (Wildman–Crippen LogP) is 3.17. The third-order valence-corrected chi connectivity index (χ3v) is 4.84. The molecule has 4 nitrogen and oxygen atoms in total. The van der Waals surface area contributed by atoms with Gasteiger partial charge in [0, 0.05) is 45.1 Å². The van der Waals surface area contributed by atoms with E-state index < -0.39 is 0 Å². The van der Waals surface area contributed by atoms with Crippen molar-refractivity contribution in [2.24, 2.45) is 5.92 Å². The van der Waals surface area contributed by atoms with Crippen molar-refractivity contribution in [3.8, 4) is 5.75 Å². The van der Waals surface area contributed by atoms with Gasteiger partial charge in [0.15, 0.2) is 0 Å². The molecule has 2 aromatic rings. The average molecular weight is 326 g/mol. The van der Waals surface area contributed by atoms with Gasteiger partial charge >= 0.3 is 0 Å². The quantitative estimate of drug-likeness (QED) is 0.817. The zero-order valence-electron chi connectivity index (χ0n) is 14.5. The maximum atomic E-state index is 5.76. The number of pyridine rings is 1. The first-order valence-corrected chi connectivity index (χ1v) is 8.55. The van der Waals surface area contributed by atoms with Gasteiger partial charge in [0.05, 0.1) is 13.2 Å². The molecule has 0 bridgehead atoms. The van der Waals surface area contributed by atoms with Crippen molar-refractivity contribution in [2.75, 3.05) is 27.3 Å². The number of rotatable bonds is 6. The topological polar surface area (TPSA) is 34.6 Å². The molecule has 0 amide bonds. The summed E-state index contributed by atoms with van der Waals surface area (Å²) in [4.78, 5) is 6.74. The van der Waals surface area contributed by atoms with E-state index in [4.69, 9.17) is 9.47 Å². The van der Waals surface area contributed by atoms with Crippen LogP contribution in [-0.4, -0.2) is 43.3 Å². The summed E-state index contributed by atoms with van der Waals surface area (Å²) in [5.41, 5.74) is 2.61. The maximum Gasteiger partial charge on any atom is 0.118 e. The van der Waals surface area contributed by atoms with E-state index in [1.165, 1.54) is 11.1 Å². The maximum absolute atomic E-state index is 5.76. The minimum absolute atomic E-state index is 0.331. The summed E-state index contributed by atoms with van der Waals surface area (Å²) in [7, 11) is 3.54. The number of piperidine rings is 1. The molecule has 0 saturated carbocycles. The minimum atomic E-state index is 0.331. The van der Waals surface area contributed by atoms with Gasteiger partial charge in [-0.1, -0.05) is 18.2 Å².